The molecule has 2 rings (SSSR count). The molecule has 0 radical (unpaired) electrons. The van der Waals surface area contributed by atoms with Gasteiger partial charge in [0.15, 0.2) is 0 Å². The first kappa shape index (κ1) is 13.3. The van der Waals surface area contributed by atoms with Gasteiger partial charge in [0.05, 0.1) is 17.4 Å². The summed E-state index contributed by atoms with van der Waals surface area (Å²) in [5.41, 5.74) is 2.02. The Morgan fingerprint density at radius 1 is 1.56 bits per heavy atom. The Bertz CT molecular complexity index is 424. The first-order chi connectivity index (χ1) is 8.46. The highest BCUT2D eigenvalue weighted by Crippen LogP contribution is 2.36. The molecule has 0 unspecified atom stereocenters. The lowest BCUT2D eigenvalue weighted by Crippen LogP contribution is -2.34. The van der Waals surface area contributed by atoms with Crippen molar-refractivity contribution in [1.29, 1.82) is 0 Å². The van der Waals surface area contributed by atoms with Gasteiger partial charge >= 0.3 is 0 Å². The summed E-state index contributed by atoms with van der Waals surface area (Å²) in [6.07, 6.45) is 2.22. The van der Waals surface area contributed by atoms with Gasteiger partial charge in [0.25, 0.3) is 5.91 Å². The zero-order valence-corrected chi connectivity index (χ0v) is 11.5. The summed E-state index contributed by atoms with van der Waals surface area (Å²) >= 11 is 1.32. The molecular formula is C10H17N5O2S. The van der Waals surface area contributed by atoms with Crippen LogP contribution in [-0.2, 0) is 9.63 Å². The highest BCUT2D eigenvalue weighted by atomic mass is 32.2. The fraction of sp³-hybridized carbons (Fsp3) is 0.800. The third-order valence-corrected chi connectivity index (χ3v) is 3.09. The second-order valence-electron chi connectivity index (χ2n) is 5.17. The molecule has 7 nitrogen and oxygen atoms in total. The average molecular weight is 271 g/mol. The van der Waals surface area contributed by atoms with Crippen LogP contribution in [0.3, 0.4) is 0 Å². The smallest absolute Gasteiger partial charge is 0.254 e. The lowest BCUT2D eigenvalue weighted by Gasteiger charge is -2.18. The van der Waals surface area contributed by atoms with E-state index in [1.165, 1.54) is 11.8 Å². The molecular weight excluding hydrogens is 254 g/mol. The fourth-order valence-corrected chi connectivity index (χ4v) is 1.93. The van der Waals surface area contributed by atoms with Crippen molar-refractivity contribution in [3.63, 3.8) is 0 Å². The number of nitrogens with zero attached hydrogens (tertiary/aromatic N) is 4. The summed E-state index contributed by atoms with van der Waals surface area (Å²) in [5.74, 6) is 0.0451. The van der Waals surface area contributed by atoms with E-state index in [4.69, 9.17) is 4.84 Å². The van der Waals surface area contributed by atoms with E-state index in [-0.39, 0.29) is 11.7 Å². The summed E-state index contributed by atoms with van der Waals surface area (Å²) in [6, 6.07) is 0.413. The van der Waals surface area contributed by atoms with Crippen molar-refractivity contribution in [2.75, 3.05) is 5.75 Å². The van der Waals surface area contributed by atoms with Gasteiger partial charge in [0, 0.05) is 0 Å². The van der Waals surface area contributed by atoms with Gasteiger partial charge in [-0.2, -0.15) is 0 Å². The maximum Gasteiger partial charge on any atom is 0.254 e. The number of tetrazole rings is 1. The van der Waals surface area contributed by atoms with Crippen molar-refractivity contribution in [3.8, 4) is 0 Å². The van der Waals surface area contributed by atoms with Gasteiger partial charge in [-0.3, -0.25) is 9.63 Å². The van der Waals surface area contributed by atoms with Crippen LogP contribution in [0.4, 0.5) is 0 Å². The molecule has 0 aliphatic heterocycles. The number of nitrogens with one attached hydrogen (secondary N) is 1. The predicted octanol–water partition coefficient (Wildman–Crippen LogP) is 0.946. The van der Waals surface area contributed by atoms with Gasteiger partial charge in [-0.25, -0.2) is 10.2 Å². The molecule has 18 heavy (non-hydrogen) atoms. The van der Waals surface area contributed by atoms with Crippen molar-refractivity contribution in [2.24, 2.45) is 0 Å². The molecule has 8 heteroatoms. The van der Waals surface area contributed by atoms with E-state index in [0.717, 1.165) is 12.8 Å². The van der Waals surface area contributed by atoms with Crippen LogP contribution in [0.15, 0.2) is 5.16 Å². The first-order valence-electron chi connectivity index (χ1n) is 5.83. The van der Waals surface area contributed by atoms with E-state index in [1.54, 1.807) is 4.68 Å². The number of carbonyl (C=O) groups is 1. The van der Waals surface area contributed by atoms with Crippen LogP contribution in [-0.4, -0.2) is 37.5 Å². The number of carbonyl (C=O) groups excluding carboxylic acids is 1. The number of amides is 1. The lowest BCUT2D eigenvalue weighted by atomic mass is 10.2. The molecule has 100 valence electrons. The van der Waals surface area contributed by atoms with Crippen LogP contribution >= 0.6 is 11.8 Å². The molecule has 1 aliphatic rings. The summed E-state index contributed by atoms with van der Waals surface area (Å²) in [6.45, 7) is 5.61. The Morgan fingerprint density at radius 2 is 2.28 bits per heavy atom. The van der Waals surface area contributed by atoms with Crippen molar-refractivity contribution < 1.29 is 9.63 Å². The van der Waals surface area contributed by atoms with Crippen molar-refractivity contribution >= 4 is 17.7 Å². The van der Waals surface area contributed by atoms with Gasteiger partial charge in [-0.15, -0.1) is 5.10 Å². The largest absolute Gasteiger partial charge is 0.272 e. The molecule has 0 atom stereocenters. The second kappa shape index (κ2) is 5.23. The normalized spacial score (nSPS) is 15.7. The quantitative estimate of drug-likeness (QED) is 0.634. The van der Waals surface area contributed by atoms with Gasteiger partial charge in [-0.1, -0.05) is 11.8 Å². The standard InChI is InChI=1S/C10H17N5O2S/c1-10(2,3)17-12-8(16)6-18-9-11-13-14-15(9)7-4-5-7/h7H,4-6H2,1-3H3,(H,12,16). The number of rotatable bonds is 5. The monoisotopic (exact) mass is 271 g/mol. The molecule has 1 aliphatic carbocycles. The van der Waals surface area contributed by atoms with E-state index < -0.39 is 5.60 Å². The van der Waals surface area contributed by atoms with Crippen LogP contribution < -0.4 is 5.48 Å². The summed E-state index contributed by atoms with van der Waals surface area (Å²) < 4.78 is 1.78. The molecule has 0 spiro atoms. The SMILES string of the molecule is CC(C)(C)ONC(=O)CSc1nnnn1C1CC1. The van der Waals surface area contributed by atoms with E-state index >= 15 is 0 Å². The number of hydrogen-bond acceptors (Lipinski definition) is 6. The molecule has 1 fully saturated rings. The molecule has 1 saturated carbocycles. The molecule has 1 aromatic heterocycles. The zero-order chi connectivity index (χ0) is 13.2. The minimum absolute atomic E-state index is 0.194. The number of hydrogen-bond donors (Lipinski definition) is 1. The Hall–Kier alpha value is -1.15. The van der Waals surface area contributed by atoms with E-state index in [1.807, 2.05) is 20.8 Å². The molecule has 1 amide bonds. The van der Waals surface area contributed by atoms with Gasteiger partial charge < -0.3 is 0 Å². The maximum absolute atomic E-state index is 11.5. The van der Waals surface area contributed by atoms with Crippen LogP contribution in [0.25, 0.3) is 0 Å². The third kappa shape index (κ3) is 3.95. The summed E-state index contributed by atoms with van der Waals surface area (Å²) in [5, 5.41) is 12.1. The minimum atomic E-state index is -0.393. The van der Waals surface area contributed by atoms with Crippen molar-refractivity contribution in [3.05, 3.63) is 0 Å². The number of hydroxylamine groups is 1. The molecule has 1 N–H and O–H groups in total. The Balaban J connectivity index is 1.77. The number of thioether (sulfide) groups is 1. The average Bonchev–Trinajstić information content (AvgIpc) is 3.02. The van der Waals surface area contributed by atoms with Gasteiger partial charge in [0.2, 0.25) is 5.16 Å². The van der Waals surface area contributed by atoms with Crippen molar-refractivity contribution in [1.82, 2.24) is 25.7 Å². The lowest BCUT2D eigenvalue weighted by molar-refractivity contribution is -0.142. The van der Waals surface area contributed by atoms with E-state index in [9.17, 15) is 4.79 Å². The van der Waals surface area contributed by atoms with Crippen LogP contribution in [0.2, 0.25) is 0 Å². The van der Waals surface area contributed by atoms with E-state index in [2.05, 4.69) is 21.0 Å². The maximum atomic E-state index is 11.5. The van der Waals surface area contributed by atoms with Gasteiger partial charge in [-0.05, 0) is 44.0 Å². The highest BCUT2D eigenvalue weighted by molar-refractivity contribution is 7.99. The Labute approximate surface area is 110 Å². The fourth-order valence-electron chi connectivity index (χ4n) is 1.20. The Kier molecular flexibility index (Phi) is 3.86. The second-order valence-corrected chi connectivity index (χ2v) is 6.11. The minimum Gasteiger partial charge on any atom is -0.272 e. The predicted molar refractivity (Wildman–Crippen MR) is 65.8 cm³/mol. The zero-order valence-electron chi connectivity index (χ0n) is 10.7. The van der Waals surface area contributed by atoms with Crippen molar-refractivity contribution in [2.45, 2.75) is 50.4 Å². The van der Waals surface area contributed by atoms with E-state index in [0.29, 0.717) is 11.2 Å². The molecule has 1 heterocycles. The molecule has 1 aromatic rings. The summed E-state index contributed by atoms with van der Waals surface area (Å²) in [4.78, 5) is 16.7. The van der Waals surface area contributed by atoms with Crippen LogP contribution in [0.1, 0.15) is 39.7 Å². The van der Waals surface area contributed by atoms with Crippen LogP contribution in [0.5, 0.6) is 0 Å². The van der Waals surface area contributed by atoms with Gasteiger partial charge in [0.1, 0.15) is 0 Å². The molecule has 0 saturated heterocycles. The summed E-state index contributed by atoms with van der Waals surface area (Å²) in [7, 11) is 0. The topological polar surface area (TPSA) is 81.9 Å². The third-order valence-electron chi connectivity index (χ3n) is 2.16. The Morgan fingerprint density at radius 3 is 2.89 bits per heavy atom. The number of aromatic nitrogens is 4. The van der Waals surface area contributed by atoms with Crippen LogP contribution in [0, 0.1) is 0 Å². The molecule has 0 bridgehead atoms. The molecule has 0 aromatic carbocycles. The first-order valence-corrected chi connectivity index (χ1v) is 6.82. The highest BCUT2D eigenvalue weighted by Gasteiger charge is 2.28.